The van der Waals surface area contributed by atoms with Crippen LogP contribution in [0.15, 0.2) is 71.9 Å². The predicted octanol–water partition coefficient (Wildman–Crippen LogP) is 4.06. The van der Waals surface area contributed by atoms with E-state index in [9.17, 15) is 4.79 Å². The number of methoxy groups -OCH3 is 2. The number of hydrogen-bond donors (Lipinski definition) is 2. The number of aliphatic imine (C=N–C) groups is 1. The van der Waals surface area contributed by atoms with E-state index in [0.29, 0.717) is 35.3 Å². The minimum atomic E-state index is -0.254. The highest BCUT2D eigenvalue weighted by Gasteiger charge is 2.11. The van der Waals surface area contributed by atoms with Crippen molar-refractivity contribution in [3.8, 4) is 11.5 Å². The number of nitrogens with one attached hydrogen (secondary N) is 2. The topological polar surface area (TPSA) is 84.8 Å². The highest BCUT2D eigenvalue weighted by molar-refractivity contribution is 6.10. The van der Waals surface area contributed by atoms with Crippen LogP contribution < -0.4 is 20.1 Å². The lowest BCUT2D eigenvalue weighted by Gasteiger charge is -2.14. The van der Waals surface area contributed by atoms with Crippen LogP contribution >= 0.6 is 0 Å². The summed E-state index contributed by atoms with van der Waals surface area (Å²) in [6, 6.07) is 18.5. The predicted molar refractivity (Wildman–Crippen MR) is 122 cm³/mol. The van der Waals surface area contributed by atoms with Crippen LogP contribution in [0.2, 0.25) is 0 Å². The van der Waals surface area contributed by atoms with Crippen molar-refractivity contribution in [3.63, 3.8) is 0 Å². The molecule has 1 heterocycles. The Morgan fingerprint density at radius 3 is 2.42 bits per heavy atom. The molecular weight excluding hydrogens is 392 g/mol. The standard InChI is InChI=1S/C24H26N4O3/c1-4-17-8-10-18(11-9-17)23(29)28-24(26-16-20-7-5-6-14-25-20)27-19-12-13-21(30-2)22(15-19)31-3/h5-15H,4,16H2,1-3H3,(H2,26,27,28,29). The van der Waals surface area contributed by atoms with Crippen LogP contribution in [0, 0.1) is 0 Å². The van der Waals surface area contributed by atoms with E-state index in [0.717, 1.165) is 12.1 Å². The second-order valence-corrected chi connectivity index (χ2v) is 6.69. The van der Waals surface area contributed by atoms with E-state index in [4.69, 9.17) is 9.47 Å². The SMILES string of the molecule is CCc1ccc(C(=O)NC(=NCc2ccccn2)Nc2ccc(OC)c(OC)c2)cc1. The van der Waals surface area contributed by atoms with Gasteiger partial charge in [-0.15, -0.1) is 0 Å². The summed E-state index contributed by atoms with van der Waals surface area (Å²) in [6.07, 6.45) is 2.62. The van der Waals surface area contributed by atoms with Gasteiger partial charge in [0.2, 0.25) is 5.96 Å². The summed E-state index contributed by atoms with van der Waals surface area (Å²) < 4.78 is 10.6. The fourth-order valence-corrected chi connectivity index (χ4v) is 2.88. The van der Waals surface area contributed by atoms with E-state index < -0.39 is 0 Å². The van der Waals surface area contributed by atoms with Crippen LogP contribution in [-0.4, -0.2) is 31.1 Å². The first-order valence-corrected chi connectivity index (χ1v) is 9.96. The number of hydrogen-bond acceptors (Lipinski definition) is 5. The van der Waals surface area contributed by atoms with E-state index in [1.165, 1.54) is 5.56 Å². The number of guanidine groups is 1. The molecule has 0 atom stereocenters. The maximum absolute atomic E-state index is 12.8. The average molecular weight is 418 g/mol. The zero-order valence-electron chi connectivity index (χ0n) is 17.9. The maximum atomic E-state index is 12.8. The van der Waals surface area contributed by atoms with Crippen LogP contribution in [0.5, 0.6) is 11.5 Å². The van der Waals surface area contributed by atoms with Gasteiger partial charge in [0, 0.05) is 23.5 Å². The molecule has 0 spiro atoms. The zero-order valence-corrected chi connectivity index (χ0v) is 17.9. The van der Waals surface area contributed by atoms with E-state index in [1.807, 2.05) is 36.4 Å². The van der Waals surface area contributed by atoms with E-state index in [-0.39, 0.29) is 5.91 Å². The van der Waals surface area contributed by atoms with Gasteiger partial charge in [-0.05, 0) is 48.4 Å². The zero-order chi connectivity index (χ0) is 22.1. The molecule has 160 valence electrons. The Morgan fingerprint density at radius 1 is 1.00 bits per heavy atom. The number of nitrogens with zero attached hydrogens (tertiary/aromatic N) is 2. The van der Waals surface area contributed by atoms with E-state index in [2.05, 4.69) is 27.5 Å². The molecular formula is C24H26N4O3. The first kappa shape index (κ1) is 21.8. The minimum absolute atomic E-state index is 0.254. The molecule has 0 fully saturated rings. The number of rotatable bonds is 7. The van der Waals surface area contributed by atoms with Crippen molar-refractivity contribution < 1.29 is 14.3 Å². The van der Waals surface area contributed by atoms with Crippen LogP contribution in [0.1, 0.15) is 28.5 Å². The van der Waals surface area contributed by atoms with Gasteiger partial charge in [0.1, 0.15) is 0 Å². The molecule has 0 aliphatic carbocycles. The Bertz CT molecular complexity index is 1030. The Labute approximate surface area is 182 Å². The van der Waals surface area contributed by atoms with Crippen LogP contribution in [0.25, 0.3) is 0 Å². The van der Waals surface area contributed by atoms with Crippen molar-refractivity contribution in [1.29, 1.82) is 0 Å². The van der Waals surface area contributed by atoms with Gasteiger partial charge in [-0.2, -0.15) is 0 Å². The van der Waals surface area contributed by atoms with Crippen molar-refractivity contribution in [3.05, 3.63) is 83.7 Å². The Kier molecular flexibility index (Phi) is 7.59. The van der Waals surface area contributed by atoms with E-state index in [1.54, 1.807) is 44.7 Å². The molecule has 7 nitrogen and oxygen atoms in total. The molecule has 0 saturated carbocycles. The summed E-state index contributed by atoms with van der Waals surface area (Å²) in [7, 11) is 3.15. The van der Waals surface area contributed by atoms with Crippen molar-refractivity contribution in [2.24, 2.45) is 4.99 Å². The number of ether oxygens (including phenoxy) is 2. The number of carbonyl (C=O) groups excluding carboxylic acids is 1. The lowest BCUT2D eigenvalue weighted by Crippen LogP contribution is -2.36. The quantitative estimate of drug-likeness (QED) is 0.446. The minimum Gasteiger partial charge on any atom is -0.493 e. The fraction of sp³-hybridized carbons (Fsp3) is 0.208. The number of benzene rings is 2. The normalized spacial score (nSPS) is 11.0. The van der Waals surface area contributed by atoms with Crippen LogP contribution in [-0.2, 0) is 13.0 Å². The Balaban J connectivity index is 1.82. The molecule has 2 aromatic carbocycles. The van der Waals surface area contributed by atoms with Gasteiger partial charge in [-0.25, -0.2) is 4.99 Å². The first-order valence-electron chi connectivity index (χ1n) is 9.96. The Morgan fingerprint density at radius 2 is 1.77 bits per heavy atom. The second-order valence-electron chi connectivity index (χ2n) is 6.69. The Hall–Kier alpha value is -3.87. The number of amides is 1. The summed E-state index contributed by atoms with van der Waals surface area (Å²) >= 11 is 0. The molecule has 0 aliphatic heterocycles. The number of aryl methyl sites for hydroxylation is 1. The van der Waals surface area contributed by atoms with Gasteiger partial charge in [0.05, 0.1) is 26.5 Å². The molecule has 1 aromatic heterocycles. The third kappa shape index (κ3) is 6.05. The van der Waals surface area contributed by atoms with Crippen molar-refractivity contribution in [2.75, 3.05) is 19.5 Å². The number of carbonyl (C=O) groups is 1. The highest BCUT2D eigenvalue weighted by Crippen LogP contribution is 2.29. The third-order valence-corrected chi connectivity index (χ3v) is 4.63. The number of aromatic nitrogens is 1. The average Bonchev–Trinajstić information content (AvgIpc) is 2.83. The van der Waals surface area contributed by atoms with Gasteiger partial charge < -0.3 is 14.8 Å². The second kappa shape index (κ2) is 10.8. The summed E-state index contributed by atoms with van der Waals surface area (Å²) in [5, 5.41) is 6.01. The van der Waals surface area contributed by atoms with Crippen molar-refractivity contribution in [2.45, 2.75) is 19.9 Å². The summed E-state index contributed by atoms with van der Waals surface area (Å²) in [6.45, 7) is 2.38. The smallest absolute Gasteiger partial charge is 0.257 e. The van der Waals surface area contributed by atoms with Gasteiger partial charge in [-0.3, -0.25) is 15.1 Å². The van der Waals surface area contributed by atoms with Crippen LogP contribution in [0.3, 0.4) is 0 Å². The van der Waals surface area contributed by atoms with Gasteiger partial charge in [-0.1, -0.05) is 25.1 Å². The molecule has 1 amide bonds. The number of anilines is 1. The lowest BCUT2D eigenvalue weighted by atomic mass is 10.1. The molecule has 0 saturated heterocycles. The molecule has 0 unspecified atom stereocenters. The molecule has 3 rings (SSSR count). The monoisotopic (exact) mass is 418 g/mol. The molecule has 3 aromatic rings. The molecule has 0 aliphatic rings. The highest BCUT2D eigenvalue weighted by atomic mass is 16.5. The third-order valence-electron chi connectivity index (χ3n) is 4.63. The molecule has 2 N–H and O–H groups in total. The van der Waals surface area contributed by atoms with Gasteiger partial charge >= 0.3 is 0 Å². The molecule has 31 heavy (non-hydrogen) atoms. The first-order chi connectivity index (χ1) is 15.1. The maximum Gasteiger partial charge on any atom is 0.257 e. The van der Waals surface area contributed by atoms with Crippen molar-refractivity contribution in [1.82, 2.24) is 10.3 Å². The summed E-state index contributed by atoms with van der Waals surface area (Å²) in [5.74, 6) is 1.23. The van der Waals surface area contributed by atoms with Gasteiger partial charge in [0.15, 0.2) is 11.5 Å². The van der Waals surface area contributed by atoms with Gasteiger partial charge in [0.25, 0.3) is 5.91 Å². The number of pyridine rings is 1. The largest absolute Gasteiger partial charge is 0.493 e. The lowest BCUT2D eigenvalue weighted by molar-refractivity contribution is 0.0977. The summed E-state index contributed by atoms with van der Waals surface area (Å²) in [5.41, 5.74) is 3.20. The molecule has 0 radical (unpaired) electrons. The fourth-order valence-electron chi connectivity index (χ4n) is 2.88. The molecule has 7 heteroatoms. The van der Waals surface area contributed by atoms with Crippen LogP contribution in [0.4, 0.5) is 5.69 Å². The van der Waals surface area contributed by atoms with E-state index >= 15 is 0 Å². The summed E-state index contributed by atoms with van der Waals surface area (Å²) in [4.78, 5) is 21.6. The van der Waals surface area contributed by atoms with Crippen molar-refractivity contribution >= 4 is 17.6 Å². The molecule has 0 bridgehead atoms.